The third kappa shape index (κ3) is 3.29. The molecule has 1 amide bonds. The zero-order valence-corrected chi connectivity index (χ0v) is 6.92. The summed E-state index contributed by atoms with van der Waals surface area (Å²) >= 11 is 0. The SMILES string of the molecule is CC(OC(N)=O)[N+](C)(C)C. The highest BCUT2D eigenvalue weighted by molar-refractivity contribution is 5.64. The number of amides is 1. The Labute approximate surface area is 61.1 Å². The van der Waals surface area contributed by atoms with Gasteiger partial charge in [0, 0.05) is 6.92 Å². The van der Waals surface area contributed by atoms with Gasteiger partial charge in [-0.2, -0.15) is 0 Å². The molecule has 60 valence electrons. The van der Waals surface area contributed by atoms with Gasteiger partial charge in [-0.05, 0) is 0 Å². The van der Waals surface area contributed by atoms with Crippen LogP contribution in [0.3, 0.4) is 0 Å². The summed E-state index contributed by atoms with van der Waals surface area (Å²) in [5.41, 5.74) is 4.82. The Kier molecular flexibility index (Phi) is 2.65. The van der Waals surface area contributed by atoms with Crippen LogP contribution in [0.4, 0.5) is 4.79 Å². The van der Waals surface area contributed by atoms with Crippen molar-refractivity contribution in [3.8, 4) is 0 Å². The fourth-order valence-corrected chi connectivity index (χ4v) is 0.326. The van der Waals surface area contributed by atoms with Crippen LogP contribution in [0.25, 0.3) is 0 Å². The van der Waals surface area contributed by atoms with E-state index in [9.17, 15) is 4.79 Å². The number of hydrogen-bond acceptors (Lipinski definition) is 2. The number of ether oxygens (including phenoxy) is 1. The first-order valence-electron chi connectivity index (χ1n) is 3.11. The maximum Gasteiger partial charge on any atom is 0.409 e. The van der Waals surface area contributed by atoms with Crippen molar-refractivity contribution in [3.05, 3.63) is 0 Å². The van der Waals surface area contributed by atoms with Crippen LogP contribution >= 0.6 is 0 Å². The second-order valence-corrected chi connectivity index (χ2v) is 3.15. The number of quaternary nitrogens is 1. The number of carbonyl (C=O) groups excluding carboxylic acids is 1. The molecule has 4 nitrogen and oxygen atoms in total. The van der Waals surface area contributed by atoms with Crippen molar-refractivity contribution in [3.63, 3.8) is 0 Å². The molecule has 0 saturated carbocycles. The van der Waals surface area contributed by atoms with Crippen molar-refractivity contribution in [2.24, 2.45) is 5.73 Å². The summed E-state index contributed by atoms with van der Waals surface area (Å²) in [5, 5.41) is 0. The maximum atomic E-state index is 10.2. The quantitative estimate of drug-likeness (QED) is 0.446. The average Bonchev–Trinajstić information content (AvgIpc) is 1.60. The summed E-state index contributed by atoms with van der Waals surface area (Å²) in [7, 11) is 5.77. The van der Waals surface area contributed by atoms with Gasteiger partial charge >= 0.3 is 6.09 Å². The molecular formula is C6H15N2O2+. The molecule has 0 aliphatic carbocycles. The molecule has 10 heavy (non-hydrogen) atoms. The van der Waals surface area contributed by atoms with E-state index in [1.54, 1.807) is 6.92 Å². The molecule has 0 aromatic heterocycles. The highest BCUT2D eigenvalue weighted by Crippen LogP contribution is 2.02. The Morgan fingerprint density at radius 2 is 1.90 bits per heavy atom. The first-order chi connectivity index (χ1) is 4.34. The average molecular weight is 147 g/mol. The lowest BCUT2D eigenvalue weighted by Crippen LogP contribution is -2.46. The highest BCUT2D eigenvalue weighted by Gasteiger charge is 2.20. The van der Waals surface area contributed by atoms with Gasteiger partial charge < -0.3 is 10.5 Å². The highest BCUT2D eigenvalue weighted by atomic mass is 16.6. The summed E-state index contributed by atoms with van der Waals surface area (Å²) in [6.45, 7) is 1.80. The fourth-order valence-electron chi connectivity index (χ4n) is 0.326. The van der Waals surface area contributed by atoms with Gasteiger partial charge in [0.15, 0.2) is 0 Å². The molecular weight excluding hydrogens is 132 g/mol. The minimum atomic E-state index is -0.722. The van der Waals surface area contributed by atoms with Crippen LogP contribution < -0.4 is 5.73 Å². The molecule has 0 radical (unpaired) electrons. The molecule has 0 rings (SSSR count). The number of primary amides is 1. The molecule has 0 fully saturated rings. The van der Waals surface area contributed by atoms with Crippen molar-refractivity contribution in [1.29, 1.82) is 0 Å². The largest absolute Gasteiger partial charge is 0.409 e. The van der Waals surface area contributed by atoms with E-state index in [0.717, 1.165) is 0 Å². The lowest BCUT2D eigenvalue weighted by atomic mass is 10.5. The van der Waals surface area contributed by atoms with E-state index in [1.807, 2.05) is 21.1 Å². The molecule has 0 spiro atoms. The minimum absolute atomic E-state index is 0.197. The monoisotopic (exact) mass is 147 g/mol. The third-order valence-corrected chi connectivity index (χ3v) is 1.38. The lowest BCUT2D eigenvalue weighted by Gasteiger charge is -2.29. The van der Waals surface area contributed by atoms with E-state index in [1.165, 1.54) is 0 Å². The van der Waals surface area contributed by atoms with Crippen molar-refractivity contribution >= 4 is 6.09 Å². The van der Waals surface area contributed by atoms with Crippen LogP contribution in [0.1, 0.15) is 6.92 Å². The van der Waals surface area contributed by atoms with E-state index < -0.39 is 6.09 Å². The molecule has 0 heterocycles. The van der Waals surface area contributed by atoms with Gasteiger partial charge in [-0.25, -0.2) is 4.79 Å². The van der Waals surface area contributed by atoms with Crippen molar-refractivity contribution in [2.45, 2.75) is 13.2 Å². The summed E-state index contributed by atoms with van der Waals surface area (Å²) in [4.78, 5) is 10.2. The van der Waals surface area contributed by atoms with Gasteiger partial charge in [0.2, 0.25) is 6.23 Å². The molecule has 0 aromatic carbocycles. The van der Waals surface area contributed by atoms with Gasteiger partial charge in [-0.3, -0.25) is 4.48 Å². The summed E-state index contributed by atoms with van der Waals surface area (Å²) in [6, 6.07) is 0. The number of nitrogens with two attached hydrogens (primary N) is 1. The van der Waals surface area contributed by atoms with Gasteiger partial charge in [-0.1, -0.05) is 0 Å². The van der Waals surface area contributed by atoms with Crippen molar-refractivity contribution < 1.29 is 14.0 Å². The van der Waals surface area contributed by atoms with E-state index >= 15 is 0 Å². The second-order valence-electron chi connectivity index (χ2n) is 3.15. The lowest BCUT2D eigenvalue weighted by molar-refractivity contribution is -0.914. The smallest absolute Gasteiger partial charge is 0.397 e. The van der Waals surface area contributed by atoms with Crippen molar-refractivity contribution in [2.75, 3.05) is 21.1 Å². The molecule has 0 bridgehead atoms. The molecule has 0 saturated heterocycles. The topological polar surface area (TPSA) is 52.3 Å². The van der Waals surface area contributed by atoms with Gasteiger partial charge in [0.1, 0.15) is 0 Å². The molecule has 0 aromatic rings. The number of nitrogens with zero attached hydrogens (tertiary/aromatic N) is 1. The predicted octanol–water partition coefficient (Wildman–Crippen LogP) is 0.134. The number of hydrogen-bond donors (Lipinski definition) is 1. The van der Waals surface area contributed by atoms with Crippen LogP contribution in [-0.4, -0.2) is 37.9 Å². The maximum absolute atomic E-state index is 10.2. The summed E-state index contributed by atoms with van der Waals surface area (Å²) in [6.07, 6.45) is -0.918. The Balaban J connectivity index is 3.85. The molecule has 0 aliphatic rings. The van der Waals surface area contributed by atoms with Crippen LogP contribution in [-0.2, 0) is 4.74 Å². The van der Waals surface area contributed by atoms with Crippen molar-refractivity contribution in [1.82, 2.24) is 0 Å². The molecule has 1 atom stereocenters. The predicted molar refractivity (Wildman–Crippen MR) is 38.2 cm³/mol. The summed E-state index contributed by atoms with van der Waals surface area (Å²) < 4.78 is 5.28. The molecule has 1 unspecified atom stereocenters. The van der Waals surface area contributed by atoms with Gasteiger partial charge in [0.05, 0.1) is 21.1 Å². The van der Waals surface area contributed by atoms with Gasteiger partial charge in [0.25, 0.3) is 0 Å². The summed E-state index contributed by atoms with van der Waals surface area (Å²) in [5.74, 6) is 0. The van der Waals surface area contributed by atoms with Crippen LogP contribution in [0.15, 0.2) is 0 Å². The Morgan fingerprint density at radius 1 is 1.50 bits per heavy atom. The minimum Gasteiger partial charge on any atom is -0.397 e. The molecule has 2 N–H and O–H groups in total. The Morgan fingerprint density at radius 3 is 2.00 bits per heavy atom. The number of rotatable bonds is 2. The number of carbonyl (C=O) groups is 1. The second kappa shape index (κ2) is 2.88. The molecule has 0 aliphatic heterocycles. The zero-order valence-electron chi connectivity index (χ0n) is 6.92. The fraction of sp³-hybridized carbons (Fsp3) is 0.833. The first kappa shape index (κ1) is 9.23. The van der Waals surface area contributed by atoms with Crippen LogP contribution in [0.2, 0.25) is 0 Å². The first-order valence-corrected chi connectivity index (χ1v) is 3.11. The van der Waals surface area contributed by atoms with E-state index in [-0.39, 0.29) is 6.23 Å². The standard InChI is InChI=1S/C6H14N2O2/c1-5(8(2,3)4)10-6(7)9/h5H,1-4H3,(H-,7,9)/p+1. The molecule has 4 heteroatoms. The van der Waals surface area contributed by atoms with E-state index in [0.29, 0.717) is 4.48 Å². The Bertz CT molecular complexity index is 128. The van der Waals surface area contributed by atoms with Crippen LogP contribution in [0.5, 0.6) is 0 Å². The normalized spacial score (nSPS) is 14.4. The van der Waals surface area contributed by atoms with E-state index in [2.05, 4.69) is 0 Å². The Hall–Kier alpha value is -0.770. The van der Waals surface area contributed by atoms with E-state index in [4.69, 9.17) is 10.5 Å². The third-order valence-electron chi connectivity index (χ3n) is 1.38. The zero-order chi connectivity index (χ0) is 8.36. The van der Waals surface area contributed by atoms with Crippen LogP contribution in [0, 0.1) is 0 Å². The van der Waals surface area contributed by atoms with Gasteiger partial charge in [-0.15, -0.1) is 0 Å².